The van der Waals surface area contributed by atoms with Gasteiger partial charge in [0.1, 0.15) is 5.65 Å². The van der Waals surface area contributed by atoms with Gasteiger partial charge in [-0.3, -0.25) is 9.08 Å². The molecular formula is C12H13N5. The summed E-state index contributed by atoms with van der Waals surface area (Å²) in [5, 5.41) is 7.31. The predicted octanol–water partition coefficient (Wildman–Crippen LogP) is 1.78. The number of imidazole rings is 1. The molecule has 0 aromatic carbocycles. The number of pyridine rings is 1. The van der Waals surface area contributed by atoms with Crippen LogP contribution < -0.4 is 5.32 Å². The summed E-state index contributed by atoms with van der Waals surface area (Å²) in [4.78, 5) is 4.38. The van der Waals surface area contributed by atoms with Crippen molar-refractivity contribution < 1.29 is 0 Å². The van der Waals surface area contributed by atoms with Gasteiger partial charge in [0.2, 0.25) is 0 Å². The van der Waals surface area contributed by atoms with Crippen molar-refractivity contribution >= 4 is 11.3 Å². The number of fused-ring (bicyclic) bond motifs is 1. The van der Waals surface area contributed by atoms with Crippen molar-refractivity contribution in [3.05, 3.63) is 36.9 Å². The van der Waals surface area contributed by atoms with Crippen LogP contribution >= 0.6 is 0 Å². The van der Waals surface area contributed by atoms with Crippen molar-refractivity contribution in [1.82, 2.24) is 19.2 Å². The van der Waals surface area contributed by atoms with E-state index in [2.05, 4.69) is 19.8 Å². The van der Waals surface area contributed by atoms with Crippen LogP contribution in [0.1, 0.15) is 0 Å². The standard InChI is InChI=1S/C12H13N5/c1-13-10-3-4-12-14-6-11(17(12)8-10)9-5-15-16(2)7-9/h3-8,13H,1-2H3. The van der Waals surface area contributed by atoms with E-state index in [1.165, 1.54) is 0 Å². The third-order valence-electron chi connectivity index (χ3n) is 2.79. The molecule has 0 aliphatic rings. The van der Waals surface area contributed by atoms with Crippen LogP contribution in [-0.4, -0.2) is 26.2 Å². The van der Waals surface area contributed by atoms with E-state index in [1.807, 2.05) is 51.0 Å². The molecule has 3 aromatic rings. The Bertz CT molecular complexity index is 664. The lowest BCUT2D eigenvalue weighted by Gasteiger charge is -2.03. The summed E-state index contributed by atoms with van der Waals surface area (Å²) >= 11 is 0. The third kappa shape index (κ3) is 1.56. The Kier molecular flexibility index (Phi) is 2.11. The zero-order valence-electron chi connectivity index (χ0n) is 9.75. The summed E-state index contributed by atoms with van der Waals surface area (Å²) < 4.78 is 3.85. The molecule has 1 N–H and O–H groups in total. The maximum atomic E-state index is 4.38. The molecule has 0 amide bonds. The Morgan fingerprint density at radius 3 is 2.76 bits per heavy atom. The number of hydrogen-bond acceptors (Lipinski definition) is 3. The second kappa shape index (κ2) is 3.62. The summed E-state index contributed by atoms with van der Waals surface area (Å²) in [6.45, 7) is 0. The Balaban J connectivity index is 2.22. The van der Waals surface area contributed by atoms with Crippen LogP contribution in [0.4, 0.5) is 5.69 Å². The molecule has 17 heavy (non-hydrogen) atoms. The van der Waals surface area contributed by atoms with Gasteiger partial charge in [0.25, 0.3) is 0 Å². The average Bonchev–Trinajstić information content (AvgIpc) is 2.93. The summed E-state index contributed by atoms with van der Waals surface area (Å²) in [5.74, 6) is 0. The van der Waals surface area contributed by atoms with E-state index < -0.39 is 0 Å². The molecule has 0 aliphatic heterocycles. The molecule has 86 valence electrons. The molecule has 0 radical (unpaired) electrons. The summed E-state index contributed by atoms with van der Waals surface area (Å²) in [7, 11) is 3.81. The SMILES string of the molecule is CNc1ccc2ncc(-c3cnn(C)c3)n2c1. The van der Waals surface area contributed by atoms with Crippen LogP contribution in [0.25, 0.3) is 16.9 Å². The van der Waals surface area contributed by atoms with Crippen molar-refractivity contribution in [2.45, 2.75) is 0 Å². The Morgan fingerprint density at radius 1 is 1.18 bits per heavy atom. The molecule has 0 saturated heterocycles. The van der Waals surface area contributed by atoms with Crippen LogP contribution in [0.2, 0.25) is 0 Å². The van der Waals surface area contributed by atoms with E-state index >= 15 is 0 Å². The van der Waals surface area contributed by atoms with E-state index in [0.717, 1.165) is 22.6 Å². The topological polar surface area (TPSA) is 47.2 Å². The van der Waals surface area contributed by atoms with Crippen LogP contribution in [0.3, 0.4) is 0 Å². The van der Waals surface area contributed by atoms with Gasteiger partial charge in [-0.15, -0.1) is 0 Å². The normalized spacial score (nSPS) is 10.9. The first-order valence-corrected chi connectivity index (χ1v) is 5.42. The minimum atomic E-state index is 0.933. The van der Waals surface area contributed by atoms with Gasteiger partial charge >= 0.3 is 0 Å². The molecule has 0 spiro atoms. The number of anilines is 1. The molecule has 0 atom stereocenters. The van der Waals surface area contributed by atoms with Crippen molar-refractivity contribution in [2.75, 3.05) is 12.4 Å². The van der Waals surface area contributed by atoms with Gasteiger partial charge in [0, 0.05) is 32.1 Å². The van der Waals surface area contributed by atoms with Crippen molar-refractivity contribution in [2.24, 2.45) is 7.05 Å². The number of nitrogens with one attached hydrogen (secondary N) is 1. The number of hydrogen-bond donors (Lipinski definition) is 1. The van der Waals surface area contributed by atoms with Crippen LogP contribution in [0.5, 0.6) is 0 Å². The van der Waals surface area contributed by atoms with Crippen molar-refractivity contribution in [3.8, 4) is 11.3 Å². The molecule has 0 aliphatic carbocycles. The lowest BCUT2D eigenvalue weighted by atomic mass is 10.3. The molecule has 0 saturated carbocycles. The predicted molar refractivity (Wildman–Crippen MR) is 66.9 cm³/mol. The number of rotatable bonds is 2. The number of aromatic nitrogens is 4. The molecule has 0 fully saturated rings. The molecule has 3 rings (SSSR count). The lowest BCUT2D eigenvalue weighted by molar-refractivity contribution is 0.768. The highest BCUT2D eigenvalue weighted by molar-refractivity contribution is 5.64. The fraction of sp³-hybridized carbons (Fsp3) is 0.167. The average molecular weight is 227 g/mol. The molecule has 0 unspecified atom stereocenters. The van der Waals surface area contributed by atoms with E-state index in [4.69, 9.17) is 0 Å². The van der Waals surface area contributed by atoms with Gasteiger partial charge in [-0.05, 0) is 12.1 Å². The molecule has 5 heteroatoms. The first kappa shape index (κ1) is 9.89. The van der Waals surface area contributed by atoms with Gasteiger partial charge in [-0.2, -0.15) is 5.10 Å². The van der Waals surface area contributed by atoms with Crippen molar-refractivity contribution in [1.29, 1.82) is 0 Å². The van der Waals surface area contributed by atoms with E-state index in [9.17, 15) is 0 Å². The quantitative estimate of drug-likeness (QED) is 0.726. The van der Waals surface area contributed by atoms with Gasteiger partial charge in [-0.25, -0.2) is 4.98 Å². The van der Waals surface area contributed by atoms with Gasteiger partial charge in [0.05, 0.1) is 23.8 Å². The number of aryl methyl sites for hydroxylation is 1. The first-order valence-electron chi connectivity index (χ1n) is 5.42. The first-order chi connectivity index (χ1) is 8.28. The maximum absolute atomic E-state index is 4.38. The van der Waals surface area contributed by atoms with E-state index in [1.54, 1.807) is 4.68 Å². The zero-order valence-corrected chi connectivity index (χ0v) is 9.75. The Labute approximate surface area is 98.7 Å². The minimum absolute atomic E-state index is 0.933. The van der Waals surface area contributed by atoms with Gasteiger partial charge in [-0.1, -0.05) is 0 Å². The lowest BCUT2D eigenvalue weighted by Crippen LogP contribution is -1.93. The summed E-state index contributed by atoms with van der Waals surface area (Å²) in [6.07, 6.45) is 7.72. The highest BCUT2D eigenvalue weighted by Crippen LogP contribution is 2.21. The smallest absolute Gasteiger partial charge is 0.137 e. The fourth-order valence-corrected chi connectivity index (χ4v) is 1.90. The van der Waals surface area contributed by atoms with Crippen LogP contribution in [-0.2, 0) is 7.05 Å². The van der Waals surface area contributed by atoms with Crippen molar-refractivity contribution in [3.63, 3.8) is 0 Å². The molecular weight excluding hydrogens is 214 g/mol. The maximum Gasteiger partial charge on any atom is 0.137 e. The summed E-state index contributed by atoms with van der Waals surface area (Å²) in [5.41, 5.74) is 4.10. The highest BCUT2D eigenvalue weighted by Gasteiger charge is 2.07. The molecule has 5 nitrogen and oxygen atoms in total. The largest absolute Gasteiger partial charge is 0.387 e. The monoisotopic (exact) mass is 227 g/mol. The highest BCUT2D eigenvalue weighted by atomic mass is 15.2. The van der Waals surface area contributed by atoms with Crippen LogP contribution in [0.15, 0.2) is 36.9 Å². The number of nitrogens with zero attached hydrogens (tertiary/aromatic N) is 4. The Hall–Kier alpha value is -2.30. The van der Waals surface area contributed by atoms with Gasteiger partial charge < -0.3 is 5.32 Å². The molecule has 0 bridgehead atoms. The van der Waals surface area contributed by atoms with Crippen LogP contribution in [0, 0.1) is 0 Å². The zero-order chi connectivity index (χ0) is 11.8. The summed E-state index contributed by atoms with van der Waals surface area (Å²) in [6, 6.07) is 4.00. The third-order valence-corrected chi connectivity index (χ3v) is 2.79. The Morgan fingerprint density at radius 2 is 2.06 bits per heavy atom. The second-order valence-electron chi connectivity index (χ2n) is 3.94. The minimum Gasteiger partial charge on any atom is -0.387 e. The second-order valence-corrected chi connectivity index (χ2v) is 3.94. The van der Waals surface area contributed by atoms with Gasteiger partial charge in [0.15, 0.2) is 0 Å². The molecule has 3 aromatic heterocycles. The van der Waals surface area contributed by atoms with E-state index in [-0.39, 0.29) is 0 Å². The molecule has 3 heterocycles. The van der Waals surface area contributed by atoms with E-state index in [0.29, 0.717) is 0 Å². The fourth-order valence-electron chi connectivity index (χ4n) is 1.90.